The van der Waals surface area contributed by atoms with E-state index < -0.39 is 5.54 Å². The summed E-state index contributed by atoms with van der Waals surface area (Å²) < 4.78 is 0. The predicted molar refractivity (Wildman–Crippen MR) is 129 cm³/mol. The molecule has 0 spiro atoms. The monoisotopic (exact) mass is 460 g/mol. The number of hydrogen-bond acceptors (Lipinski definition) is 4. The van der Waals surface area contributed by atoms with E-state index in [1.54, 1.807) is 0 Å². The normalized spacial score (nSPS) is 18.5. The maximum atomic E-state index is 13.8. The van der Waals surface area contributed by atoms with Crippen LogP contribution in [0.1, 0.15) is 11.1 Å². The highest BCUT2D eigenvalue weighted by atomic mass is 35.5. The van der Waals surface area contributed by atoms with Gasteiger partial charge < -0.3 is 10.2 Å². The lowest BCUT2D eigenvalue weighted by atomic mass is 9.83. The Bertz CT molecular complexity index is 1110. The van der Waals surface area contributed by atoms with Crippen LogP contribution in [0.4, 0.5) is 10.5 Å². The summed E-state index contributed by atoms with van der Waals surface area (Å²) in [6.07, 6.45) is 0. The maximum Gasteiger partial charge on any atom is 0.326 e. The Kier molecular flexibility index (Phi) is 5.79. The number of carbonyl (C=O) groups excluding carboxylic acids is 2. The number of rotatable bonds is 5. The molecular formula is C26H25ClN4O2. The van der Waals surface area contributed by atoms with Gasteiger partial charge in [-0.25, -0.2) is 9.69 Å². The van der Waals surface area contributed by atoms with Crippen molar-refractivity contribution in [2.45, 2.75) is 5.54 Å². The fourth-order valence-electron chi connectivity index (χ4n) is 4.66. The Morgan fingerprint density at radius 3 is 1.97 bits per heavy atom. The van der Waals surface area contributed by atoms with Gasteiger partial charge in [0, 0.05) is 36.9 Å². The number of anilines is 1. The highest BCUT2D eigenvalue weighted by molar-refractivity contribution is 6.30. The van der Waals surface area contributed by atoms with E-state index in [-0.39, 0.29) is 18.6 Å². The molecular weight excluding hydrogens is 436 g/mol. The first-order valence-corrected chi connectivity index (χ1v) is 11.4. The van der Waals surface area contributed by atoms with Crippen molar-refractivity contribution in [3.8, 4) is 0 Å². The second-order valence-electron chi connectivity index (χ2n) is 8.37. The second-order valence-corrected chi connectivity index (χ2v) is 8.81. The number of amides is 3. The van der Waals surface area contributed by atoms with E-state index in [0.29, 0.717) is 5.02 Å². The van der Waals surface area contributed by atoms with Crippen LogP contribution >= 0.6 is 11.6 Å². The summed E-state index contributed by atoms with van der Waals surface area (Å²) in [4.78, 5) is 32.7. The zero-order valence-corrected chi connectivity index (χ0v) is 18.9. The lowest BCUT2D eigenvalue weighted by Gasteiger charge is -2.37. The molecule has 2 aliphatic heterocycles. The topological polar surface area (TPSA) is 55.9 Å². The molecule has 0 atom stereocenters. The van der Waals surface area contributed by atoms with Gasteiger partial charge in [0.05, 0.1) is 6.67 Å². The number of nitrogens with one attached hydrogen (secondary N) is 1. The fraction of sp³-hybridized carbons (Fsp3) is 0.231. The van der Waals surface area contributed by atoms with Crippen molar-refractivity contribution < 1.29 is 9.59 Å². The highest BCUT2D eigenvalue weighted by Crippen LogP contribution is 2.36. The van der Waals surface area contributed by atoms with E-state index in [9.17, 15) is 9.59 Å². The SMILES string of the molecule is O=C1NC(c2ccccc2)(c2ccccc2)C(=O)N1CN1CCN(c2cccc(Cl)c2)CC1. The Morgan fingerprint density at radius 1 is 0.788 bits per heavy atom. The van der Waals surface area contributed by atoms with Crippen molar-refractivity contribution in [2.75, 3.05) is 37.7 Å². The quantitative estimate of drug-likeness (QED) is 0.586. The van der Waals surface area contributed by atoms with Crippen LogP contribution < -0.4 is 10.2 Å². The van der Waals surface area contributed by atoms with E-state index in [1.807, 2.05) is 84.9 Å². The third-order valence-corrected chi connectivity index (χ3v) is 6.64. The summed E-state index contributed by atoms with van der Waals surface area (Å²) in [6.45, 7) is 3.34. The molecule has 33 heavy (non-hydrogen) atoms. The van der Waals surface area contributed by atoms with Gasteiger partial charge in [-0.05, 0) is 29.3 Å². The molecule has 0 bridgehead atoms. The van der Waals surface area contributed by atoms with Gasteiger partial charge in [0.25, 0.3) is 5.91 Å². The molecule has 0 saturated carbocycles. The first-order valence-electron chi connectivity index (χ1n) is 11.1. The molecule has 5 rings (SSSR count). The van der Waals surface area contributed by atoms with Crippen molar-refractivity contribution in [1.82, 2.24) is 15.1 Å². The summed E-state index contributed by atoms with van der Waals surface area (Å²) in [5.41, 5.74) is 1.37. The summed E-state index contributed by atoms with van der Waals surface area (Å²) >= 11 is 6.14. The van der Waals surface area contributed by atoms with Crippen LogP contribution in [0, 0.1) is 0 Å². The maximum absolute atomic E-state index is 13.8. The van der Waals surface area contributed by atoms with Gasteiger partial charge in [-0.2, -0.15) is 0 Å². The molecule has 1 N–H and O–H groups in total. The highest BCUT2D eigenvalue weighted by Gasteiger charge is 2.53. The minimum atomic E-state index is -1.22. The van der Waals surface area contributed by atoms with Crippen molar-refractivity contribution in [2.24, 2.45) is 0 Å². The minimum absolute atomic E-state index is 0.248. The number of hydrogen-bond donors (Lipinski definition) is 1. The predicted octanol–water partition coefficient (Wildman–Crippen LogP) is 3.92. The van der Waals surface area contributed by atoms with Crippen molar-refractivity contribution in [3.63, 3.8) is 0 Å². The van der Waals surface area contributed by atoms with E-state index in [0.717, 1.165) is 43.0 Å². The molecule has 2 aliphatic rings. The number of halogens is 1. The van der Waals surface area contributed by atoms with Gasteiger partial charge in [-0.15, -0.1) is 0 Å². The van der Waals surface area contributed by atoms with Crippen molar-refractivity contribution in [1.29, 1.82) is 0 Å². The molecule has 0 aliphatic carbocycles. The lowest BCUT2D eigenvalue weighted by molar-refractivity contribution is -0.131. The molecule has 0 aromatic heterocycles. The molecule has 168 valence electrons. The second kappa shape index (κ2) is 8.89. The van der Waals surface area contributed by atoms with Gasteiger partial charge in [0.15, 0.2) is 5.54 Å². The summed E-state index contributed by atoms with van der Waals surface area (Å²) in [7, 11) is 0. The molecule has 3 aromatic carbocycles. The Labute approximate surface area is 198 Å². The molecule has 0 radical (unpaired) electrons. The van der Waals surface area contributed by atoms with E-state index in [2.05, 4.69) is 15.1 Å². The summed E-state index contributed by atoms with van der Waals surface area (Å²) in [5.74, 6) is -0.248. The van der Waals surface area contributed by atoms with Crippen LogP contribution in [-0.2, 0) is 10.3 Å². The Morgan fingerprint density at radius 2 is 1.39 bits per heavy atom. The molecule has 3 aromatic rings. The van der Waals surface area contributed by atoms with Crippen LogP contribution in [0.15, 0.2) is 84.9 Å². The average molecular weight is 461 g/mol. The zero-order chi connectivity index (χ0) is 22.8. The van der Waals surface area contributed by atoms with Crippen LogP contribution in [0.3, 0.4) is 0 Å². The molecule has 2 saturated heterocycles. The first kappa shape index (κ1) is 21.5. The van der Waals surface area contributed by atoms with Crippen molar-refractivity contribution >= 4 is 29.2 Å². The summed E-state index contributed by atoms with van der Waals surface area (Å²) in [6, 6.07) is 26.4. The largest absolute Gasteiger partial charge is 0.369 e. The zero-order valence-electron chi connectivity index (χ0n) is 18.2. The van der Waals surface area contributed by atoms with Crippen LogP contribution in [-0.4, -0.2) is 54.6 Å². The Hall–Kier alpha value is -3.35. The number of nitrogens with zero attached hydrogens (tertiary/aromatic N) is 3. The third kappa shape index (κ3) is 3.96. The summed E-state index contributed by atoms with van der Waals surface area (Å²) in [5, 5.41) is 3.73. The molecule has 6 nitrogen and oxygen atoms in total. The number of piperazine rings is 1. The van der Waals surface area contributed by atoms with Gasteiger partial charge in [0.2, 0.25) is 0 Å². The van der Waals surface area contributed by atoms with Crippen LogP contribution in [0.5, 0.6) is 0 Å². The smallest absolute Gasteiger partial charge is 0.326 e. The third-order valence-electron chi connectivity index (χ3n) is 6.41. The number of carbonyl (C=O) groups is 2. The molecule has 2 heterocycles. The lowest BCUT2D eigenvalue weighted by Crippen LogP contribution is -2.52. The van der Waals surface area contributed by atoms with E-state index in [4.69, 9.17) is 11.6 Å². The number of urea groups is 1. The Balaban J connectivity index is 1.35. The van der Waals surface area contributed by atoms with Gasteiger partial charge in [-0.1, -0.05) is 78.3 Å². The van der Waals surface area contributed by atoms with Gasteiger partial charge in [-0.3, -0.25) is 9.69 Å². The number of benzene rings is 3. The van der Waals surface area contributed by atoms with Crippen molar-refractivity contribution in [3.05, 3.63) is 101 Å². The van der Waals surface area contributed by atoms with E-state index >= 15 is 0 Å². The van der Waals surface area contributed by atoms with Crippen LogP contribution in [0.2, 0.25) is 5.02 Å². The molecule has 2 fully saturated rings. The first-order chi connectivity index (χ1) is 16.1. The standard InChI is InChI=1S/C26H25ClN4O2/c27-22-12-7-13-23(18-22)30-16-14-29(15-17-30)19-31-24(32)26(28-25(31)33,20-8-3-1-4-9-20)21-10-5-2-6-11-21/h1-13,18H,14-17,19H2,(H,28,33). The number of imide groups is 1. The molecule has 0 unspecified atom stereocenters. The van der Waals surface area contributed by atoms with E-state index in [1.165, 1.54) is 4.90 Å². The fourth-order valence-corrected chi connectivity index (χ4v) is 4.84. The van der Waals surface area contributed by atoms with Gasteiger partial charge in [0.1, 0.15) is 0 Å². The average Bonchev–Trinajstić information content (AvgIpc) is 3.11. The minimum Gasteiger partial charge on any atom is -0.369 e. The molecule has 3 amide bonds. The molecule has 7 heteroatoms. The van der Waals surface area contributed by atoms with Crippen LogP contribution in [0.25, 0.3) is 0 Å². The van der Waals surface area contributed by atoms with Gasteiger partial charge >= 0.3 is 6.03 Å².